The van der Waals surface area contributed by atoms with E-state index in [9.17, 15) is 9.59 Å². The van der Waals surface area contributed by atoms with Crippen molar-refractivity contribution < 1.29 is 38.0 Å². The Morgan fingerprint density at radius 1 is 1.26 bits per heavy atom. The Morgan fingerprint density at radius 3 is 2.81 bits per heavy atom. The Morgan fingerprint density at radius 2 is 2.07 bits per heavy atom. The Bertz CT molecular complexity index is 538. The Kier molecular flexibility index (Phi) is 6.86. The van der Waals surface area contributed by atoms with Gasteiger partial charge in [0.2, 0.25) is 5.79 Å². The quantitative estimate of drug-likeness (QED) is 0.367. The molecule has 0 radical (unpaired) electrons. The lowest BCUT2D eigenvalue weighted by atomic mass is 9.77. The van der Waals surface area contributed by atoms with E-state index in [1.807, 2.05) is 6.92 Å². The first-order valence-electron chi connectivity index (χ1n) is 9.63. The summed E-state index contributed by atoms with van der Waals surface area (Å²) in [7, 11) is 3.00. The summed E-state index contributed by atoms with van der Waals surface area (Å²) in [5.41, 5.74) is 0. The molecular formula is C19H30O8. The molecule has 3 aliphatic rings. The van der Waals surface area contributed by atoms with E-state index in [2.05, 4.69) is 0 Å². The second-order valence-corrected chi connectivity index (χ2v) is 7.63. The zero-order chi connectivity index (χ0) is 19.4. The summed E-state index contributed by atoms with van der Waals surface area (Å²) in [6, 6.07) is 0. The molecule has 0 aromatic rings. The van der Waals surface area contributed by atoms with Gasteiger partial charge in [0.15, 0.2) is 5.78 Å². The number of ether oxygens (including phenoxy) is 6. The Hall–Kier alpha value is -1.06. The number of carbonyl (C=O) groups excluding carboxylic acids is 2. The molecule has 8 nitrogen and oxygen atoms in total. The molecule has 6 unspecified atom stereocenters. The van der Waals surface area contributed by atoms with Crippen LogP contribution in [0.25, 0.3) is 0 Å². The maximum Gasteiger partial charge on any atom is 0.308 e. The maximum absolute atomic E-state index is 13.1. The number of esters is 1. The Labute approximate surface area is 159 Å². The van der Waals surface area contributed by atoms with Crippen molar-refractivity contribution in [1.82, 2.24) is 0 Å². The second kappa shape index (κ2) is 8.96. The van der Waals surface area contributed by atoms with Gasteiger partial charge in [-0.2, -0.15) is 0 Å². The lowest BCUT2D eigenvalue weighted by molar-refractivity contribution is -0.274. The second-order valence-electron chi connectivity index (χ2n) is 7.63. The van der Waals surface area contributed by atoms with Crippen molar-refractivity contribution >= 4 is 11.8 Å². The van der Waals surface area contributed by atoms with Gasteiger partial charge in [0.1, 0.15) is 6.79 Å². The van der Waals surface area contributed by atoms with E-state index in [1.165, 1.54) is 7.11 Å². The number of methoxy groups -OCH3 is 2. The molecule has 0 N–H and O–H groups in total. The fraction of sp³-hybridized carbons (Fsp3) is 0.895. The zero-order valence-electron chi connectivity index (χ0n) is 16.3. The van der Waals surface area contributed by atoms with Crippen LogP contribution in [0.3, 0.4) is 0 Å². The van der Waals surface area contributed by atoms with Gasteiger partial charge in [0.25, 0.3) is 0 Å². The van der Waals surface area contributed by atoms with Gasteiger partial charge in [-0.25, -0.2) is 0 Å². The highest BCUT2D eigenvalue weighted by Crippen LogP contribution is 2.47. The van der Waals surface area contributed by atoms with Gasteiger partial charge in [-0.15, -0.1) is 0 Å². The van der Waals surface area contributed by atoms with Crippen LogP contribution in [0.2, 0.25) is 0 Å². The van der Waals surface area contributed by atoms with Gasteiger partial charge < -0.3 is 28.4 Å². The van der Waals surface area contributed by atoms with Crippen molar-refractivity contribution in [1.29, 1.82) is 0 Å². The van der Waals surface area contributed by atoms with Crippen LogP contribution in [0.4, 0.5) is 0 Å². The predicted molar refractivity (Wildman–Crippen MR) is 92.8 cm³/mol. The van der Waals surface area contributed by atoms with Crippen LogP contribution in [0.1, 0.15) is 32.6 Å². The molecular weight excluding hydrogens is 356 g/mol. The average Bonchev–Trinajstić information content (AvgIpc) is 2.94. The minimum Gasteiger partial charge on any atom is -0.469 e. The van der Waals surface area contributed by atoms with Crippen LogP contribution >= 0.6 is 0 Å². The SMILES string of the molecule is COCCOCOC1CC2(OCC1C)OC1CC(C(=O)OC)CCC1C2=O. The van der Waals surface area contributed by atoms with Crippen molar-refractivity contribution in [3.8, 4) is 0 Å². The Balaban J connectivity index is 1.60. The summed E-state index contributed by atoms with van der Waals surface area (Å²) >= 11 is 0. The molecule has 2 saturated heterocycles. The number of hydrogen-bond donors (Lipinski definition) is 0. The first kappa shape index (κ1) is 20.7. The van der Waals surface area contributed by atoms with Gasteiger partial charge in [0, 0.05) is 25.4 Å². The summed E-state index contributed by atoms with van der Waals surface area (Å²) in [5.74, 6) is -1.83. The highest BCUT2D eigenvalue weighted by molar-refractivity contribution is 5.91. The third kappa shape index (κ3) is 4.35. The average molecular weight is 386 g/mol. The number of carbonyl (C=O) groups is 2. The van der Waals surface area contributed by atoms with Crippen molar-refractivity contribution in [2.45, 2.75) is 50.6 Å². The lowest BCUT2D eigenvalue weighted by Crippen LogP contribution is -2.51. The summed E-state index contributed by atoms with van der Waals surface area (Å²) in [6.45, 7) is 3.50. The van der Waals surface area contributed by atoms with Crippen LogP contribution < -0.4 is 0 Å². The van der Waals surface area contributed by atoms with Crippen molar-refractivity contribution in [2.75, 3.05) is 40.8 Å². The molecule has 2 aliphatic heterocycles. The highest BCUT2D eigenvalue weighted by Gasteiger charge is 2.60. The van der Waals surface area contributed by atoms with Crippen LogP contribution in [-0.4, -0.2) is 70.6 Å². The minimum absolute atomic E-state index is 0.0170. The van der Waals surface area contributed by atoms with Crippen molar-refractivity contribution in [2.24, 2.45) is 17.8 Å². The summed E-state index contributed by atoms with van der Waals surface area (Å²) in [5, 5.41) is 0. The van der Waals surface area contributed by atoms with Crippen molar-refractivity contribution in [3.05, 3.63) is 0 Å². The molecule has 2 heterocycles. The molecule has 3 fully saturated rings. The standard InChI is InChI=1S/C19H30O8/c1-12-10-26-19(9-16(12)25-11-24-7-6-22-2)17(20)14-5-4-13(18(21)23-3)8-15(14)27-19/h12-16H,4-11H2,1-3H3. The molecule has 1 spiro atoms. The molecule has 3 rings (SSSR count). The van der Waals surface area contributed by atoms with Gasteiger partial charge in [0.05, 0.1) is 45.1 Å². The number of hydrogen-bond acceptors (Lipinski definition) is 8. The van der Waals surface area contributed by atoms with Crippen molar-refractivity contribution in [3.63, 3.8) is 0 Å². The predicted octanol–water partition coefficient (Wildman–Crippen LogP) is 1.30. The number of Topliss-reactive ketones (excluding diaryl/α,β-unsaturated/α-hetero) is 1. The van der Waals surface area contributed by atoms with E-state index in [0.29, 0.717) is 45.5 Å². The minimum atomic E-state index is -1.26. The molecule has 0 aromatic carbocycles. The molecule has 0 aromatic heterocycles. The summed E-state index contributed by atoms with van der Waals surface area (Å²) in [6.07, 6.45) is 1.61. The molecule has 27 heavy (non-hydrogen) atoms. The molecule has 1 saturated carbocycles. The summed E-state index contributed by atoms with van der Waals surface area (Å²) < 4.78 is 33.1. The van der Waals surface area contributed by atoms with E-state index >= 15 is 0 Å². The highest BCUT2D eigenvalue weighted by atomic mass is 16.7. The van der Waals surface area contributed by atoms with Crippen LogP contribution in [0.5, 0.6) is 0 Å². The van der Waals surface area contributed by atoms with Gasteiger partial charge in [-0.3, -0.25) is 9.59 Å². The van der Waals surface area contributed by atoms with Gasteiger partial charge in [-0.05, 0) is 19.3 Å². The van der Waals surface area contributed by atoms with Crippen LogP contribution in [0, 0.1) is 17.8 Å². The molecule has 154 valence electrons. The van der Waals surface area contributed by atoms with Gasteiger partial charge >= 0.3 is 5.97 Å². The summed E-state index contributed by atoms with van der Waals surface area (Å²) in [4.78, 5) is 24.9. The molecule has 8 heteroatoms. The van der Waals surface area contributed by atoms with Gasteiger partial charge in [-0.1, -0.05) is 6.92 Å². The molecule has 0 bridgehead atoms. The zero-order valence-corrected chi connectivity index (χ0v) is 16.3. The monoisotopic (exact) mass is 386 g/mol. The molecule has 6 atom stereocenters. The lowest BCUT2D eigenvalue weighted by Gasteiger charge is -2.39. The van der Waals surface area contributed by atoms with E-state index in [0.717, 1.165) is 0 Å². The normalized spacial score (nSPS) is 38.8. The van der Waals surface area contributed by atoms with Crippen LogP contribution in [-0.2, 0) is 38.0 Å². The third-order valence-corrected chi connectivity index (χ3v) is 5.86. The fourth-order valence-electron chi connectivity index (χ4n) is 4.24. The third-order valence-electron chi connectivity index (χ3n) is 5.86. The largest absolute Gasteiger partial charge is 0.469 e. The van der Waals surface area contributed by atoms with E-state index < -0.39 is 5.79 Å². The van der Waals surface area contributed by atoms with E-state index in [4.69, 9.17) is 28.4 Å². The first-order valence-corrected chi connectivity index (χ1v) is 9.63. The van der Waals surface area contributed by atoms with Crippen LogP contribution in [0.15, 0.2) is 0 Å². The molecule has 0 amide bonds. The smallest absolute Gasteiger partial charge is 0.308 e. The first-order chi connectivity index (χ1) is 13.0. The van der Waals surface area contributed by atoms with E-state index in [1.54, 1.807) is 7.11 Å². The number of ketones is 1. The number of fused-ring (bicyclic) bond motifs is 1. The topological polar surface area (TPSA) is 89.5 Å². The van der Waals surface area contributed by atoms with E-state index in [-0.39, 0.29) is 48.5 Å². The fourth-order valence-corrected chi connectivity index (χ4v) is 4.24. The number of rotatable bonds is 7. The maximum atomic E-state index is 13.1. The molecule has 1 aliphatic carbocycles.